The molecule has 8 heteroatoms. The van der Waals surface area contributed by atoms with E-state index < -0.39 is 10.0 Å². The molecule has 1 aromatic carbocycles. The van der Waals surface area contributed by atoms with Crippen LogP contribution in [0.4, 0.5) is 5.82 Å². The van der Waals surface area contributed by atoms with Crippen LogP contribution in [0.2, 0.25) is 0 Å². The molecule has 0 amide bonds. The first kappa shape index (κ1) is 18.3. The fourth-order valence-corrected chi connectivity index (χ4v) is 5.63. The summed E-state index contributed by atoms with van der Waals surface area (Å²) in [5.41, 5.74) is 2.15. The van der Waals surface area contributed by atoms with Gasteiger partial charge in [-0.2, -0.15) is 4.31 Å². The van der Waals surface area contributed by atoms with Crippen molar-refractivity contribution < 1.29 is 8.42 Å². The van der Waals surface area contributed by atoms with Gasteiger partial charge < -0.3 is 10.2 Å². The molecule has 0 aliphatic carbocycles. The molecule has 2 aliphatic rings. The topological polar surface area (TPSA) is 78.4 Å². The van der Waals surface area contributed by atoms with Gasteiger partial charge in [0.05, 0.1) is 16.6 Å². The van der Waals surface area contributed by atoms with Gasteiger partial charge >= 0.3 is 0 Å². The monoisotopic (exact) mass is 387 g/mol. The van der Waals surface area contributed by atoms with Gasteiger partial charge in [0.15, 0.2) is 0 Å². The normalized spacial score (nSPS) is 21.2. The van der Waals surface area contributed by atoms with E-state index in [1.165, 1.54) is 0 Å². The van der Waals surface area contributed by atoms with E-state index in [9.17, 15) is 8.42 Å². The number of nitrogens with one attached hydrogen (secondary N) is 1. The molecule has 0 spiro atoms. The molecule has 144 valence electrons. The number of fused-ring (bicyclic) bond motifs is 1. The average molecular weight is 388 g/mol. The lowest BCUT2D eigenvalue weighted by Crippen LogP contribution is -2.33. The number of anilines is 1. The maximum Gasteiger partial charge on any atom is 0.243 e. The van der Waals surface area contributed by atoms with Gasteiger partial charge in [-0.1, -0.05) is 18.2 Å². The summed E-state index contributed by atoms with van der Waals surface area (Å²) < 4.78 is 27.9. The highest BCUT2D eigenvalue weighted by atomic mass is 32.2. The highest BCUT2D eigenvalue weighted by Crippen LogP contribution is 2.36. The summed E-state index contributed by atoms with van der Waals surface area (Å²) in [7, 11) is 0.369. The Bertz CT molecular complexity index is 933. The molecule has 27 heavy (non-hydrogen) atoms. The summed E-state index contributed by atoms with van der Waals surface area (Å²) in [4.78, 5) is 12.1. The van der Waals surface area contributed by atoms with E-state index in [0.717, 1.165) is 49.4 Å². The molecule has 4 rings (SSSR count). The number of benzene rings is 1. The summed E-state index contributed by atoms with van der Waals surface area (Å²) >= 11 is 0. The number of likely N-dealkylation sites (N-methyl/N-ethyl adjacent to an activating group) is 1. The summed E-state index contributed by atoms with van der Waals surface area (Å²) in [5.74, 6) is 1.43. The zero-order chi connectivity index (χ0) is 19.0. The quantitative estimate of drug-likeness (QED) is 0.865. The lowest BCUT2D eigenvalue weighted by molar-refractivity contribution is 0.304. The number of aromatic nitrogens is 2. The average Bonchev–Trinajstić information content (AvgIpc) is 3.18. The molecule has 2 aromatic rings. The van der Waals surface area contributed by atoms with E-state index in [0.29, 0.717) is 17.3 Å². The molecule has 1 saturated heterocycles. The van der Waals surface area contributed by atoms with Crippen molar-refractivity contribution in [3.8, 4) is 0 Å². The smallest absolute Gasteiger partial charge is 0.243 e. The Hall–Kier alpha value is -2.03. The van der Waals surface area contributed by atoms with Crippen LogP contribution in [-0.2, 0) is 23.0 Å². The van der Waals surface area contributed by atoms with Gasteiger partial charge in [-0.3, -0.25) is 0 Å². The van der Waals surface area contributed by atoms with Crippen molar-refractivity contribution in [2.24, 2.45) is 0 Å². The molecule has 0 bridgehead atoms. The minimum absolute atomic E-state index is 0.320. The second-order valence-corrected chi connectivity index (χ2v) is 9.07. The largest absolute Gasteiger partial charge is 0.373 e. The van der Waals surface area contributed by atoms with Crippen LogP contribution < -0.4 is 5.32 Å². The zero-order valence-electron chi connectivity index (χ0n) is 15.7. The molecule has 3 heterocycles. The van der Waals surface area contributed by atoms with Crippen molar-refractivity contribution in [2.45, 2.75) is 36.7 Å². The Labute approximate surface area is 160 Å². The third kappa shape index (κ3) is 3.33. The maximum atomic E-state index is 13.2. The van der Waals surface area contributed by atoms with E-state index in [2.05, 4.69) is 17.3 Å². The van der Waals surface area contributed by atoms with Crippen molar-refractivity contribution in [1.29, 1.82) is 0 Å². The maximum absolute atomic E-state index is 13.2. The number of sulfonamides is 1. The first-order chi connectivity index (χ1) is 13.0. The number of hydrogen-bond donors (Lipinski definition) is 1. The van der Waals surface area contributed by atoms with E-state index >= 15 is 0 Å². The zero-order valence-corrected chi connectivity index (χ0v) is 16.5. The van der Waals surface area contributed by atoms with Gasteiger partial charge in [0.2, 0.25) is 10.0 Å². The summed E-state index contributed by atoms with van der Waals surface area (Å²) in [6, 6.07) is 8.30. The van der Waals surface area contributed by atoms with Crippen LogP contribution in [-0.4, -0.2) is 54.8 Å². The number of rotatable bonds is 4. The molecule has 1 atom stereocenters. The molecule has 0 radical (unpaired) electrons. The second-order valence-electron chi connectivity index (χ2n) is 7.18. The van der Waals surface area contributed by atoms with Crippen LogP contribution in [0.3, 0.4) is 0 Å². The highest BCUT2D eigenvalue weighted by Gasteiger charge is 2.38. The SMILES string of the molecule is CNc1nc([C@H]2CCCN2S(=O)(=O)c2ccccc2)nc2c1CCN(C)C2. The van der Waals surface area contributed by atoms with Crippen LogP contribution in [0.1, 0.15) is 36.0 Å². The van der Waals surface area contributed by atoms with Gasteiger partial charge in [0.1, 0.15) is 11.6 Å². The van der Waals surface area contributed by atoms with Gasteiger partial charge in [-0.25, -0.2) is 18.4 Å². The second kappa shape index (κ2) is 7.18. The molecule has 1 aromatic heterocycles. The number of hydrogen-bond acceptors (Lipinski definition) is 6. The Morgan fingerprint density at radius 2 is 1.93 bits per heavy atom. The van der Waals surface area contributed by atoms with Crippen LogP contribution in [0, 0.1) is 0 Å². The molecular formula is C19H25N5O2S. The van der Waals surface area contributed by atoms with Crippen LogP contribution in [0.25, 0.3) is 0 Å². The van der Waals surface area contributed by atoms with Crippen LogP contribution in [0.15, 0.2) is 35.2 Å². The summed E-state index contributed by atoms with van der Waals surface area (Å²) in [6.07, 6.45) is 2.45. The fourth-order valence-electron chi connectivity index (χ4n) is 3.95. The summed E-state index contributed by atoms with van der Waals surface area (Å²) in [5, 5.41) is 3.18. The lowest BCUT2D eigenvalue weighted by Gasteiger charge is -2.28. The standard InChI is InChI=1S/C19H25N5O2S/c1-20-18-15-10-12-23(2)13-16(15)21-19(22-18)17-9-6-11-24(17)27(25,26)14-7-4-3-5-8-14/h3-5,7-8,17H,6,9-13H2,1-2H3,(H,20,21,22)/t17-/m1/s1. The first-order valence-electron chi connectivity index (χ1n) is 9.33. The molecule has 0 unspecified atom stereocenters. The van der Waals surface area contributed by atoms with Crippen LogP contribution in [0.5, 0.6) is 0 Å². The van der Waals surface area contributed by atoms with Crippen molar-refractivity contribution in [3.63, 3.8) is 0 Å². The fraction of sp³-hybridized carbons (Fsp3) is 0.474. The van der Waals surface area contributed by atoms with Gasteiger partial charge in [-0.15, -0.1) is 0 Å². The Morgan fingerprint density at radius 3 is 2.67 bits per heavy atom. The van der Waals surface area contributed by atoms with E-state index in [1.807, 2.05) is 13.1 Å². The predicted octanol–water partition coefficient (Wildman–Crippen LogP) is 2.03. The Kier molecular flexibility index (Phi) is 4.88. The molecule has 0 saturated carbocycles. The highest BCUT2D eigenvalue weighted by molar-refractivity contribution is 7.89. The minimum Gasteiger partial charge on any atom is -0.373 e. The van der Waals surface area contributed by atoms with Crippen molar-refractivity contribution in [3.05, 3.63) is 47.4 Å². The third-order valence-corrected chi connectivity index (χ3v) is 7.28. The Morgan fingerprint density at radius 1 is 1.15 bits per heavy atom. The molecule has 1 N–H and O–H groups in total. The van der Waals surface area contributed by atoms with E-state index in [1.54, 1.807) is 28.6 Å². The molecular weight excluding hydrogens is 362 g/mol. The van der Waals surface area contributed by atoms with E-state index in [4.69, 9.17) is 9.97 Å². The van der Waals surface area contributed by atoms with Crippen molar-refractivity contribution in [1.82, 2.24) is 19.2 Å². The molecule has 2 aliphatic heterocycles. The molecule has 7 nitrogen and oxygen atoms in total. The van der Waals surface area contributed by atoms with E-state index in [-0.39, 0.29) is 6.04 Å². The first-order valence-corrected chi connectivity index (χ1v) is 10.8. The minimum atomic E-state index is -3.57. The van der Waals surface area contributed by atoms with Gasteiger partial charge in [0, 0.05) is 32.2 Å². The van der Waals surface area contributed by atoms with Crippen molar-refractivity contribution in [2.75, 3.05) is 32.5 Å². The predicted molar refractivity (Wildman–Crippen MR) is 104 cm³/mol. The number of nitrogens with zero attached hydrogens (tertiary/aromatic N) is 4. The third-order valence-electron chi connectivity index (χ3n) is 5.36. The van der Waals surface area contributed by atoms with Gasteiger partial charge in [0.25, 0.3) is 0 Å². The Balaban J connectivity index is 1.73. The lowest BCUT2D eigenvalue weighted by atomic mass is 10.1. The van der Waals surface area contributed by atoms with Crippen molar-refractivity contribution >= 4 is 15.8 Å². The van der Waals surface area contributed by atoms with Gasteiger partial charge in [-0.05, 0) is 38.4 Å². The molecule has 1 fully saturated rings. The summed E-state index contributed by atoms with van der Waals surface area (Å²) in [6.45, 7) is 2.23. The van der Waals surface area contributed by atoms with Crippen LogP contribution >= 0.6 is 0 Å².